The molecule has 10 heteroatoms. The highest BCUT2D eigenvalue weighted by Crippen LogP contribution is 2.23. The highest BCUT2D eigenvalue weighted by molar-refractivity contribution is 9.09. The van der Waals surface area contributed by atoms with Crippen LogP contribution < -0.4 is 0 Å². The molecule has 0 aliphatic heterocycles. The molecule has 0 heterocycles. The van der Waals surface area contributed by atoms with Crippen LogP contribution in [-0.4, -0.2) is 65.1 Å². The van der Waals surface area contributed by atoms with Gasteiger partial charge in [0.05, 0.1) is 0 Å². The molecule has 0 aliphatic rings. The molecule has 0 saturated heterocycles. The first-order valence-electron chi connectivity index (χ1n) is 10.9. The lowest BCUT2D eigenvalue weighted by molar-refractivity contribution is -0.194. The Labute approximate surface area is 203 Å². The summed E-state index contributed by atoms with van der Waals surface area (Å²) in [5.41, 5.74) is 0. The summed E-state index contributed by atoms with van der Waals surface area (Å²) in [6, 6.07) is 0. The molecule has 0 N–H and O–H groups in total. The van der Waals surface area contributed by atoms with E-state index in [9.17, 15) is 19.2 Å². The van der Waals surface area contributed by atoms with E-state index in [2.05, 4.69) is 22.9 Å². The lowest BCUT2D eigenvalue weighted by Gasteiger charge is -2.35. The van der Waals surface area contributed by atoms with Gasteiger partial charge >= 0.3 is 23.9 Å². The highest BCUT2D eigenvalue weighted by Gasteiger charge is 2.42. The van der Waals surface area contributed by atoms with Crippen molar-refractivity contribution in [1.82, 2.24) is 0 Å². The van der Waals surface area contributed by atoms with Crippen LogP contribution in [0.25, 0.3) is 0 Å². The van der Waals surface area contributed by atoms with Crippen LogP contribution in [0.15, 0.2) is 0 Å². The number of rotatable bonds is 17. The largest absolute Gasteiger partial charge is 0.458 e. The van der Waals surface area contributed by atoms with Gasteiger partial charge in [-0.2, -0.15) is 11.8 Å². The van der Waals surface area contributed by atoms with Crippen molar-refractivity contribution in [1.29, 1.82) is 0 Å². The van der Waals surface area contributed by atoms with Crippen molar-refractivity contribution in [3.8, 4) is 0 Å². The summed E-state index contributed by atoms with van der Waals surface area (Å²) < 4.78 is 21.6. The number of esters is 4. The van der Waals surface area contributed by atoms with E-state index in [4.69, 9.17) is 18.9 Å². The average Bonchev–Trinajstić information content (AvgIpc) is 2.69. The molecule has 0 aromatic carbocycles. The Hall–Kier alpha value is -1.29. The van der Waals surface area contributed by atoms with Gasteiger partial charge in [-0.15, -0.1) is 0 Å². The predicted octanol–water partition coefficient (Wildman–Crippen LogP) is 4.20. The third kappa shape index (κ3) is 14.7. The van der Waals surface area contributed by atoms with Gasteiger partial charge in [-0.3, -0.25) is 19.2 Å². The summed E-state index contributed by atoms with van der Waals surface area (Å²) in [7, 11) is 0. The molecule has 0 amide bonds. The van der Waals surface area contributed by atoms with Crippen LogP contribution in [0.2, 0.25) is 0 Å². The lowest BCUT2D eigenvalue weighted by atomic mass is 10.0. The highest BCUT2D eigenvalue weighted by atomic mass is 79.9. The van der Waals surface area contributed by atoms with E-state index in [1.165, 1.54) is 53.4 Å². The van der Waals surface area contributed by atoms with Gasteiger partial charge in [-0.1, -0.05) is 55.0 Å². The van der Waals surface area contributed by atoms with E-state index >= 15 is 0 Å². The summed E-state index contributed by atoms with van der Waals surface area (Å²) in [5, 5.41) is 0.125. The molecule has 0 aliphatic carbocycles. The van der Waals surface area contributed by atoms with Crippen LogP contribution in [0.3, 0.4) is 0 Å². The Balaban J connectivity index is 5.44. The fraction of sp³-hybridized carbons (Fsp3) is 0.818. The zero-order valence-corrected chi connectivity index (χ0v) is 22.1. The van der Waals surface area contributed by atoms with Crippen molar-refractivity contribution < 1.29 is 38.1 Å². The second-order valence-corrected chi connectivity index (χ2v) is 9.24. The molecule has 186 valence electrons. The molecule has 32 heavy (non-hydrogen) atoms. The molecule has 0 bridgehead atoms. The maximum absolute atomic E-state index is 11.8. The zero-order valence-electron chi connectivity index (χ0n) is 19.7. The number of carbonyl (C=O) groups excluding carboxylic acids is 4. The van der Waals surface area contributed by atoms with Crippen molar-refractivity contribution in [2.24, 2.45) is 0 Å². The molecule has 0 aromatic heterocycles. The number of unbranched alkanes of at least 4 members (excludes halogenated alkanes) is 5. The molecule has 4 atom stereocenters. The minimum Gasteiger partial charge on any atom is -0.458 e. The topological polar surface area (TPSA) is 105 Å². The Bertz CT molecular complexity index is 586. The molecule has 0 radical (unpaired) electrons. The first-order valence-corrected chi connectivity index (χ1v) is 13.2. The maximum atomic E-state index is 11.8. The number of thioether (sulfide) groups is 1. The van der Waals surface area contributed by atoms with Gasteiger partial charge in [-0.25, -0.2) is 0 Å². The molecule has 0 fully saturated rings. The maximum Gasteiger partial charge on any atom is 0.303 e. The number of halogens is 1. The SMILES string of the molecule is CCCCCCCCSC[C@H](OC(C)=O)[C@@H](OC(C)=O)[C@H](OC(C)=O)[C@@H](CBr)OC(C)=O. The second kappa shape index (κ2) is 18.2. The van der Waals surface area contributed by atoms with Gasteiger partial charge in [0.2, 0.25) is 0 Å². The summed E-state index contributed by atoms with van der Waals surface area (Å²) in [5.74, 6) is -1.25. The van der Waals surface area contributed by atoms with Crippen molar-refractivity contribution in [3.63, 3.8) is 0 Å². The third-order valence-corrected chi connectivity index (χ3v) is 6.15. The fourth-order valence-electron chi connectivity index (χ4n) is 3.08. The number of carbonyl (C=O) groups is 4. The van der Waals surface area contributed by atoms with Gasteiger partial charge in [0.15, 0.2) is 24.4 Å². The first kappa shape index (κ1) is 30.7. The molecular formula is C22H37BrO8S. The summed E-state index contributed by atoms with van der Waals surface area (Å²) in [6.07, 6.45) is 2.85. The average molecular weight is 542 g/mol. The van der Waals surface area contributed by atoms with Crippen molar-refractivity contribution >= 4 is 51.6 Å². The van der Waals surface area contributed by atoms with Crippen LogP contribution in [0, 0.1) is 0 Å². The number of hydrogen-bond donors (Lipinski definition) is 0. The summed E-state index contributed by atoms with van der Waals surface area (Å²) >= 11 is 4.81. The molecule has 0 unspecified atom stereocenters. The Morgan fingerprint density at radius 2 is 1.12 bits per heavy atom. The Morgan fingerprint density at radius 1 is 0.688 bits per heavy atom. The molecule has 8 nitrogen and oxygen atoms in total. The second-order valence-electron chi connectivity index (χ2n) is 7.44. The van der Waals surface area contributed by atoms with Crippen LogP contribution >= 0.6 is 27.7 Å². The van der Waals surface area contributed by atoms with Gasteiger partial charge < -0.3 is 18.9 Å². The quantitative estimate of drug-likeness (QED) is 0.116. The predicted molar refractivity (Wildman–Crippen MR) is 127 cm³/mol. The van der Waals surface area contributed by atoms with E-state index in [1.807, 2.05) is 0 Å². The van der Waals surface area contributed by atoms with Crippen LogP contribution in [0.4, 0.5) is 0 Å². The monoisotopic (exact) mass is 540 g/mol. The third-order valence-electron chi connectivity index (χ3n) is 4.37. The van der Waals surface area contributed by atoms with Crippen LogP contribution in [0.5, 0.6) is 0 Å². The number of alkyl halides is 1. The van der Waals surface area contributed by atoms with Gasteiger partial charge in [-0.05, 0) is 12.2 Å². The number of hydrogen-bond acceptors (Lipinski definition) is 9. The Kier molecular flexibility index (Phi) is 17.4. The van der Waals surface area contributed by atoms with E-state index in [-0.39, 0.29) is 5.33 Å². The minimum absolute atomic E-state index is 0.125. The van der Waals surface area contributed by atoms with Gasteiger partial charge in [0.25, 0.3) is 0 Å². The molecule has 0 spiro atoms. The van der Waals surface area contributed by atoms with Crippen molar-refractivity contribution in [3.05, 3.63) is 0 Å². The van der Waals surface area contributed by atoms with E-state index < -0.39 is 48.3 Å². The van der Waals surface area contributed by atoms with Crippen LogP contribution in [0.1, 0.15) is 73.1 Å². The summed E-state index contributed by atoms with van der Waals surface area (Å²) in [6.45, 7) is 7.06. The fourth-order valence-corrected chi connectivity index (χ4v) is 4.65. The smallest absolute Gasteiger partial charge is 0.303 e. The normalized spacial score (nSPS) is 14.6. The lowest BCUT2D eigenvalue weighted by Crippen LogP contribution is -2.52. The van der Waals surface area contributed by atoms with E-state index in [0.29, 0.717) is 5.75 Å². The Morgan fingerprint density at radius 3 is 1.59 bits per heavy atom. The van der Waals surface area contributed by atoms with Crippen LogP contribution in [-0.2, 0) is 38.1 Å². The summed E-state index contributed by atoms with van der Waals surface area (Å²) in [4.78, 5) is 46.9. The van der Waals surface area contributed by atoms with E-state index in [0.717, 1.165) is 18.6 Å². The van der Waals surface area contributed by atoms with Crippen molar-refractivity contribution in [2.45, 2.75) is 97.6 Å². The van der Waals surface area contributed by atoms with Crippen molar-refractivity contribution in [2.75, 3.05) is 16.8 Å². The molecule has 0 aromatic rings. The van der Waals surface area contributed by atoms with E-state index in [1.54, 1.807) is 11.8 Å². The van der Waals surface area contributed by atoms with Gasteiger partial charge in [0, 0.05) is 38.8 Å². The zero-order chi connectivity index (χ0) is 24.5. The number of ether oxygens (including phenoxy) is 4. The molecule has 0 rings (SSSR count). The minimum atomic E-state index is -1.15. The first-order chi connectivity index (χ1) is 15.1. The standard InChI is InChI=1S/C22H37BrO8S/c1-6-7-8-9-10-11-12-32-14-20(29-16(3)25)22(31-18(5)27)21(30-17(4)26)19(13-23)28-15(2)24/h19-22H,6-14H2,1-5H3/t19-,20+,21-,22-/m1/s1. The molecule has 0 saturated carbocycles. The van der Waals surface area contributed by atoms with Gasteiger partial charge in [0.1, 0.15) is 0 Å². The molecular weight excluding hydrogens is 504 g/mol.